The van der Waals surface area contributed by atoms with E-state index in [0.29, 0.717) is 32.6 Å². The third-order valence-electron chi connectivity index (χ3n) is 7.56. The number of hydrogen-bond donors (Lipinski definition) is 1. The van der Waals surface area contributed by atoms with E-state index < -0.39 is 38.5 Å². The summed E-state index contributed by atoms with van der Waals surface area (Å²) in [5.41, 5.74) is -2.66. The predicted molar refractivity (Wildman–Crippen MR) is 147 cm³/mol. The fourth-order valence-corrected chi connectivity index (χ4v) is 5.38. The van der Waals surface area contributed by atoms with Crippen LogP contribution in [0, 0.1) is 21.7 Å². The van der Waals surface area contributed by atoms with E-state index in [1.54, 1.807) is 6.92 Å². The van der Waals surface area contributed by atoms with Crippen molar-refractivity contribution in [1.29, 1.82) is 0 Å². The van der Waals surface area contributed by atoms with Crippen LogP contribution in [-0.2, 0) is 30.1 Å². The van der Waals surface area contributed by atoms with Crippen LogP contribution in [0.15, 0.2) is 0 Å². The van der Waals surface area contributed by atoms with Gasteiger partial charge in [-0.15, -0.1) is 0 Å². The molecule has 0 aliphatic rings. The number of carbonyl (C=O) groups excluding carboxylic acids is 2. The highest BCUT2D eigenvalue weighted by atomic mass is 32.2. The molecule has 0 saturated heterocycles. The Morgan fingerprint density at radius 2 is 1.33 bits per heavy atom. The summed E-state index contributed by atoms with van der Waals surface area (Å²) in [6.45, 7) is 26.7. The molecule has 1 unspecified atom stereocenters. The largest absolute Gasteiger partial charge is 0.772 e. The van der Waals surface area contributed by atoms with Crippen LogP contribution in [-0.4, -0.2) is 57.2 Å². The fourth-order valence-electron chi connectivity index (χ4n) is 4.64. The quantitative estimate of drug-likeness (QED) is 0.198. The van der Waals surface area contributed by atoms with Gasteiger partial charge in [-0.2, -0.15) is 0 Å². The molecule has 0 heterocycles. The van der Waals surface area contributed by atoms with Crippen molar-refractivity contribution in [2.45, 2.75) is 120 Å². The fraction of sp³-hybridized carbons (Fsp3) is 0.929. The minimum atomic E-state index is -2.15. The van der Waals surface area contributed by atoms with Gasteiger partial charge < -0.3 is 19.3 Å². The molecule has 0 aromatic heterocycles. The van der Waals surface area contributed by atoms with Crippen molar-refractivity contribution >= 4 is 22.8 Å². The van der Waals surface area contributed by atoms with Crippen LogP contribution in [0.25, 0.3) is 0 Å². The van der Waals surface area contributed by atoms with Crippen LogP contribution in [0.2, 0.25) is 0 Å². The summed E-state index contributed by atoms with van der Waals surface area (Å²) in [4.78, 5) is 24.7. The van der Waals surface area contributed by atoms with Gasteiger partial charge in [0, 0.05) is 23.1 Å². The molecule has 0 aliphatic heterocycles. The first kappa shape index (κ1) is 35.2. The Hall–Kier alpha value is -0.830. The molecule has 0 saturated carbocycles. The summed E-state index contributed by atoms with van der Waals surface area (Å²) in [7, 11) is 0. The monoisotopic (exact) mass is 532 g/mol. The van der Waals surface area contributed by atoms with Crippen molar-refractivity contribution in [3.63, 3.8) is 0 Å². The van der Waals surface area contributed by atoms with Crippen molar-refractivity contribution in [2.24, 2.45) is 21.7 Å². The van der Waals surface area contributed by atoms with Crippen LogP contribution in [0.3, 0.4) is 0 Å². The van der Waals surface area contributed by atoms with Crippen molar-refractivity contribution in [3.8, 4) is 0 Å². The number of ketones is 1. The van der Waals surface area contributed by atoms with E-state index >= 15 is 0 Å². The lowest BCUT2D eigenvalue weighted by Gasteiger charge is -2.45. The number of Topliss-reactive ketones (excluding diaryl/α,β-unsaturated/α-hetero) is 1. The first-order valence-corrected chi connectivity index (χ1v) is 14.2. The highest BCUT2D eigenvalue weighted by Gasteiger charge is 2.43. The van der Waals surface area contributed by atoms with E-state index in [9.17, 15) is 18.4 Å². The molecule has 7 nitrogen and oxygen atoms in total. The van der Waals surface area contributed by atoms with Gasteiger partial charge in [0.1, 0.15) is 5.78 Å². The molecule has 0 spiro atoms. The van der Waals surface area contributed by atoms with E-state index in [2.05, 4.69) is 33.0 Å². The van der Waals surface area contributed by atoms with E-state index in [-0.39, 0.29) is 22.9 Å². The summed E-state index contributed by atoms with van der Waals surface area (Å²) in [5, 5.41) is 2.93. The van der Waals surface area contributed by atoms with Crippen LogP contribution in [0.4, 0.5) is 0 Å². The van der Waals surface area contributed by atoms with Gasteiger partial charge in [0.15, 0.2) is 0 Å². The molecule has 36 heavy (non-hydrogen) atoms. The third kappa shape index (κ3) is 12.1. The number of carbonyl (C=O) groups is 2. The van der Waals surface area contributed by atoms with Crippen molar-refractivity contribution in [2.75, 3.05) is 25.5 Å². The molecule has 0 aromatic rings. The summed E-state index contributed by atoms with van der Waals surface area (Å²) in [6.07, 6.45) is 1.87. The lowest BCUT2D eigenvalue weighted by atomic mass is 9.66. The Labute approximate surface area is 223 Å². The number of nitrogens with one attached hydrogen (secondary N) is 1. The molecule has 0 aromatic carbocycles. The van der Waals surface area contributed by atoms with Crippen molar-refractivity contribution < 1.29 is 27.8 Å². The summed E-state index contributed by atoms with van der Waals surface area (Å²) in [5.74, 6) is 0.0828. The maximum atomic E-state index is 12.7. The van der Waals surface area contributed by atoms with Crippen molar-refractivity contribution in [3.05, 3.63) is 0 Å². The minimum Gasteiger partial charge on any atom is -0.772 e. The molecular formula is C28H54NO6S-. The molecule has 214 valence electrons. The van der Waals surface area contributed by atoms with Gasteiger partial charge in [-0.1, -0.05) is 66.5 Å². The van der Waals surface area contributed by atoms with Crippen LogP contribution < -0.4 is 5.32 Å². The maximum Gasteiger partial charge on any atom is 0.225 e. The van der Waals surface area contributed by atoms with Crippen molar-refractivity contribution in [1.82, 2.24) is 5.32 Å². The van der Waals surface area contributed by atoms with Gasteiger partial charge in [-0.25, -0.2) is 0 Å². The van der Waals surface area contributed by atoms with E-state index in [1.165, 1.54) is 0 Å². The SMILES string of the molecule is CC(=O)C(C)(C)CC(C)(C)C(C)(C)OCCC(C)(C)OCCNC(=O)C(C)(C)CC(C)(C)CS(=O)[O-]. The predicted octanol–water partition coefficient (Wildman–Crippen LogP) is 5.44. The molecular weight excluding hydrogens is 478 g/mol. The zero-order valence-electron chi connectivity index (χ0n) is 25.3. The summed E-state index contributed by atoms with van der Waals surface area (Å²) < 4.78 is 34.5. The maximum absolute atomic E-state index is 12.7. The van der Waals surface area contributed by atoms with Crippen LogP contribution >= 0.6 is 0 Å². The van der Waals surface area contributed by atoms with E-state index in [4.69, 9.17) is 9.47 Å². The number of hydrogen-bond acceptors (Lipinski definition) is 6. The molecule has 1 amide bonds. The zero-order valence-corrected chi connectivity index (χ0v) is 26.1. The smallest absolute Gasteiger partial charge is 0.225 e. The Balaban J connectivity index is 4.68. The van der Waals surface area contributed by atoms with Gasteiger partial charge in [-0.05, 0) is 64.7 Å². The normalized spacial score (nSPS) is 15.1. The Morgan fingerprint density at radius 3 is 1.81 bits per heavy atom. The average Bonchev–Trinajstić information content (AvgIpc) is 2.61. The van der Waals surface area contributed by atoms with Crippen LogP contribution in [0.1, 0.15) is 109 Å². The zero-order chi connectivity index (χ0) is 28.8. The molecule has 0 fully saturated rings. The lowest BCUT2D eigenvalue weighted by Crippen LogP contribution is -2.46. The topological polar surface area (TPSA) is 105 Å². The first-order chi connectivity index (χ1) is 15.9. The number of ether oxygens (including phenoxy) is 2. The average molecular weight is 533 g/mol. The molecule has 0 aliphatic carbocycles. The van der Waals surface area contributed by atoms with Gasteiger partial charge >= 0.3 is 0 Å². The Bertz CT molecular complexity index is 768. The molecule has 0 radical (unpaired) electrons. The van der Waals surface area contributed by atoms with E-state index in [1.807, 2.05) is 55.4 Å². The molecule has 0 bridgehead atoms. The van der Waals surface area contributed by atoms with Gasteiger partial charge in [-0.3, -0.25) is 13.8 Å². The molecule has 1 N–H and O–H groups in total. The third-order valence-corrected chi connectivity index (χ3v) is 8.58. The second kappa shape index (κ2) is 12.8. The number of amides is 1. The molecule has 1 atom stereocenters. The van der Waals surface area contributed by atoms with E-state index in [0.717, 1.165) is 6.42 Å². The summed E-state index contributed by atoms with van der Waals surface area (Å²) in [6, 6.07) is 0. The second-order valence-electron chi connectivity index (χ2n) is 14.1. The standard InChI is InChI=1S/C28H55NO6S/c1-21(30)24(4,5)19-26(8,9)28(12,13)35-16-14-27(10,11)34-17-15-29-22(31)25(6,7)18-23(2,3)20-36(32)33/h14-20H2,1-13H3,(H,29,31)(H,32,33)/p-1. The highest BCUT2D eigenvalue weighted by molar-refractivity contribution is 7.79. The highest BCUT2D eigenvalue weighted by Crippen LogP contribution is 2.44. The van der Waals surface area contributed by atoms with Gasteiger partial charge in [0.05, 0.1) is 24.4 Å². The molecule has 0 rings (SSSR count). The second-order valence-corrected chi connectivity index (χ2v) is 15.0. The van der Waals surface area contributed by atoms with Crippen LogP contribution in [0.5, 0.6) is 0 Å². The Morgan fingerprint density at radius 1 is 0.806 bits per heavy atom. The Kier molecular flexibility index (Phi) is 12.5. The lowest BCUT2D eigenvalue weighted by molar-refractivity contribution is -0.140. The number of rotatable bonds is 17. The first-order valence-electron chi connectivity index (χ1n) is 13.0. The minimum absolute atomic E-state index is 0.0194. The van der Waals surface area contributed by atoms with Gasteiger partial charge in [0.2, 0.25) is 5.91 Å². The summed E-state index contributed by atoms with van der Waals surface area (Å²) >= 11 is -2.15. The molecule has 8 heteroatoms. The van der Waals surface area contributed by atoms with Gasteiger partial charge in [0.25, 0.3) is 0 Å².